The van der Waals surface area contributed by atoms with Crippen molar-refractivity contribution in [1.29, 1.82) is 0 Å². The molecule has 0 aliphatic carbocycles. The Kier molecular flexibility index (Phi) is 6.33. The maximum atomic E-state index is 13.0. The van der Waals surface area contributed by atoms with Crippen LogP contribution < -0.4 is 10.2 Å². The van der Waals surface area contributed by atoms with Crippen molar-refractivity contribution in [1.82, 2.24) is 10.2 Å². The van der Waals surface area contributed by atoms with Crippen LogP contribution in [0, 0.1) is 5.82 Å². The number of anilines is 1. The smallest absolute Gasteiger partial charge is 0.293 e. The summed E-state index contributed by atoms with van der Waals surface area (Å²) in [5.41, 5.74) is 2.03. The third-order valence-corrected chi connectivity index (χ3v) is 5.19. The topological polar surface area (TPSA) is 69.7 Å². The molecule has 150 valence electrons. The molecule has 0 aromatic heterocycles. The van der Waals surface area contributed by atoms with Crippen LogP contribution in [0.2, 0.25) is 0 Å². The third kappa shape index (κ3) is 5.03. The number of hydrogen-bond acceptors (Lipinski definition) is 5. The number of nitrogens with zero attached hydrogens (tertiary/aromatic N) is 2. The normalized spacial score (nSPS) is 15.1. The van der Waals surface area contributed by atoms with Gasteiger partial charge in [-0.05, 0) is 53.7 Å². The van der Waals surface area contributed by atoms with Gasteiger partial charge in [-0.15, -0.1) is 0 Å². The monoisotopic (exact) mass is 413 g/mol. The number of thioether (sulfide) groups is 1. The first-order valence-electron chi connectivity index (χ1n) is 8.91. The molecule has 2 aromatic rings. The summed E-state index contributed by atoms with van der Waals surface area (Å²) in [5.74, 6) is -1.07. The zero-order valence-electron chi connectivity index (χ0n) is 16.0. The highest BCUT2D eigenvalue weighted by Gasteiger charge is 2.34. The van der Waals surface area contributed by atoms with Crippen molar-refractivity contribution in [2.45, 2.75) is 0 Å². The Labute approximate surface area is 172 Å². The molecule has 0 saturated carbocycles. The van der Waals surface area contributed by atoms with Crippen molar-refractivity contribution in [3.05, 3.63) is 70.4 Å². The third-order valence-electron chi connectivity index (χ3n) is 4.29. The molecule has 0 spiro atoms. The maximum Gasteiger partial charge on any atom is 0.293 e. The second-order valence-electron chi connectivity index (χ2n) is 6.59. The van der Waals surface area contributed by atoms with Crippen LogP contribution in [0.4, 0.5) is 14.9 Å². The summed E-state index contributed by atoms with van der Waals surface area (Å²) >= 11 is 0.828. The lowest BCUT2D eigenvalue weighted by Gasteiger charge is -2.15. The van der Waals surface area contributed by atoms with Crippen LogP contribution in [-0.4, -0.2) is 49.1 Å². The van der Waals surface area contributed by atoms with Crippen LogP contribution in [0.15, 0.2) is 53.4 Å². The Morgan fingerprint density at radius 2 is 1.90 bits per heavy atom. The largest absolute Gasteiger partial charge is 0.378 e. The number of imide groups is 1. The predicted molar refractivity (Wildman–Crippen MR) is 112 cm³/mol. The standard InChI is InChI=1S/C21H20FN3O3S/c1-24(2)17-5-3-4-15(13-17)19(26)23-10-11-25-20(27)18(29-21(25)28)12-14-6-8-16(22)9-7-14/h3-9,12-13H,10-11H2,1-2H3,(H,23,26)/b18-12-. The zero-order chi connectivity index (χ0) is 21.0. The average Bonchev–Trinajstić information content (AvgIpc) is 2.97. The van der Waals surface area contributed by atoms with Crippen molar-refractivity contribution in [2.75, 3.05) is 32.1 Å². The fourth-order valence-corrected chi connectivity index (χ4v) is 3.58. The minimum Gasteiger partial charge on any atom is -0.378 e. The van der Waals surface area contributed by atoms with Crippen LogP contribution in [0.3, 0.4) is 0 Å². The van der Waals surface area contributed by atoms with Crippen LogP contribution >= 0.6 is 11.8 Å². The number of halogens is 1. The van der Waals surface area contributed by atoms with Gasteiger partial charge in [0.05, 0.1) is 4.91 Å². The van der Waals surface area contributed by atoms with Gasteiger partial charge in [0.25, 0.3) is 17.1 Å². The van der Waals surface area contributed by atoms with Gasteiger partial charge in [0.2, 0.25) is 0 Å². The fraction of sp³-hybridized carbons (Fsp3) is 0.190. The summed E-state index contributed by atoms with van der Waals surface area (Å²) in [7, 11) is 3.77. The second-order valence-corrected chi connectivity index (χ2v) is 7.58. The quantitative estimate of drug-likeness (QED) is 0.736. The van der Waals surface area contributed by atoms with Gasteiger partial charge in [-0.2, -0.15) is 0 Å². The van der Waals surface area contributed by atoms with Crippen LogP contribution in [0.5, 0.6) is 0 Å². The SMILES string of the molecule is CN(C)c1cccc(C(=O)NCCN2C(=O)S/C(=C\c3ccc(F)cc3)C2=O)c1. The first-order valence-corrected chi connectivity index (χ1v) is 9.73. The van der Waals surface area contributed by atoms with E-state index in [9.17, 15) is 18.8 Å². The summed E-state index contributed by atoms with van der Waals surface area (Å²) in [6, 6.07) is 12.8. The first-order chi connectivity index (χ1) is 13.8. The number of nitrogens with one attached hydrogen (secondary N) is 1. The lowest BCUT2D eigenvalue weighted by molar-refractivity contribution is -0.122. The number of benzene rings is 2. The molecule has 3 amide bonds. The summed E-state index contributed by atoms with van der Waals surface area (Å²) in [6.45, 7) is 0.220. The van der Waals surface area contributed by atoms with Crippen molar-refractivity contribution in [3.63, 3.8) is 0 Å². The van der Waals surface area contributed by atoms with Gasteiger partial charge in [0, 0.05) is 38.4 Å². The molecule has 1 fully saturated rings. The second kappa shape index (κ2) is 8.91. The Bertz CT molecular complexity index is 973. The molecular weight excluding hydrogens is 393 g/mol. The number of carbonyl (C=O) groups excluding carboxylic acids is 3. The highest BCUT2D eigenvalue weighted by Crippen LogP contribution is 2.31. The van der Waals surface area contributed by atoms with E-state index in [1.54, 1.807) is 24.3 Å². The summed E-state index contributed by atoms with van der Waals surface area (Å²) in [5, 5.41) is 2.33. The molecule has 1 aliphatic rings. The number of carbonyl (C=O) groups is 3. The van der Waals surface area contributed by atoms with Crippen LogP contribution in [0.1, 0.15) is 15.9 Å². The van der Waals surface area contributed by atoms with E-state index in [1.807, 2.05) is 25.1 Å². The Morgan fingerprint density at radius 1 is 1.17 bits per heavy atom. The van der Waals surface area contributed by atoms with E-state index in [-0.39, 0.29) is 29.7 Å². The lowest BCUT2D eigenvalue weighted by atomic mass is 10.2. The molecule has 0 unspecified atom stereocenters. The van der Waals surface area contributed by atoms with Gasteiger partial charge >= 0.3 is 0 Å². The highest BCUT2D eigenvalue weighted by atomic mass is 32.2. The lowest BCUT2D eigenvalue weighted by Crippen LogP contribution is -2.37. The summed E-state index contributed by atoms with van der Waals surface area (Å²) < 4.78 is 13.0. The van der Waals surface area contributed by atoms with Gasteiger partial charge in [-0.1, -0.05) is 18.2 Å². The van der Waals surface area contributed by atoms with Crippen molar-refractivity contribution in [3.8, 4) is 0 Å². The highest BCUT2D eigenvalue weighted by molar-refractivity contribution is 8.18. The average molecular weight is 413 g/mol. The summed E-state index contributed by atoms with van der Waals surface area (Å²) in [6.07, 6.45) is 1.55. The molecule has 29 heavy (non-hydrogen) atoms. The molecule has 0 atom stereocenters. The van der Waals surface area contributed by atoms with Crippen molar-refractivity contribution < 1.29 is 18.8 Å². The molecule has 1 N–H and O–H groups in total. The number of hydrogen-bond donors (Lipinski definition) is 1. The van der Waals surface area contributed by atoms with Crippen LogP contribution in [0.25, 0.3) is 6.08 Å². The van der Waals surface area contributed by atoms with Crippen molar-refractivity contribution >= 4 is 40.6 Å². The zero-order valence-corrected chi connectivity index (χ0v) is 16.8. The molecule has 1 aliphatic heterocycles. The van der Waals surface area contributed by atoms with E-state index < -0.39 is 11.1 Å². The van der Waals surface area contributed by atoms with Gasteiger partial charge in [0.15, 0.2) is 0 Å². The van der Waals surface area contributed by atoms with E-state index in [0.29, 0.717) is 11.1 Å². The Hall–Kier alpha value is -3.13. The van der Waals surface area contributed by atoms with Gasteiger partial charge in [-0.25, -0.2) is 4.39 Å². The van der Waals surface area contributed by atoms with Crippen molar-refractivity contribution in [2.24, 2.45) is 0 Å². The predicted octanol–water partition coefficient (Wildman–Crippen LogP) is 3.36. The number of rotatable bonds is 6. The molecule has 1 heterocycles. The Balaban J connectivity index is 1.59. The van der Waals surface area contributed by atoms with E-state index in [1.165, 1.54) is 24.3 Å². The fourth-order valence-electron chi connectivity index (χ4n) is 2.71. The molecule has 3 rings (SSSR count). The minimum absolute atomic E-state index is 0.0739. The molecule has 8 heteroatoms. The van der Waals surface area contributed by atoms with E-state index in [0.717, 1.165) is 22.3 Å². The molecule has 0 radical (unpaired) electrons. The van der Waals surface area contributed by atoms with E-state index in [2.05, 4.69) is 5.32 Å². The molecule has 2 aromatic carbocycles. The minimum atomic E-state index is -0.423. The van der Waals surface area contributed by atoms with E-state index in [4.69, 9.17) is 0 Å². The first kappa shape index (κ1) is 20.6. The van der Waals surface area contributed by atoms with Gasteiger partial charge in [-0.3, -0.25) is 19.3 Å². The maximum absolute atomic E-state index is 13.0. The molecule has 6 nitrogen and oxygen atoms in total. The van der Waals surface area contributed by atoms with Gasteiger partial charge < -0.3 is 10.2 Å². The van der Waals surface area contributed by atoms with Crippen LogP contribution in [-0.2, 0) is 4.79 Å². The Morgan fingerprint density at radius 3 is 2.59 bits per heavy atom. The van der Waals surface area contributed by atoms with Gasteiger partial charge in [0.1, 0.15) is 5.82 Å². The number of amides is 3. The summed E-state index contributed by atoms with van der Waals surface area (Å²) in [4.78, 5) is 40.2. The van der Waals surface area contributed by atoms with E-state index >= 15 is 0 Å². The molecular formula is C21H20FN3O3S. The molecule has 0 bridgehead atoms. The molecule has 1 saturated heterocycles.